The van der Waals surface area contributed by atoms with Gasteiger partial charge in [-0.2, -0.15) is 4.59 Å². The summed E-state index contributed by atoms with van der Waals surface area (Å²) < 4.78 is 17.5. The minimum atomic E-state index is -1.32. The van der Waals surface area contributed by atoms with E-state index in [1.807, 2.05) is 34.1 Å². The molecule has 2 fully saturated rings. The van der Waals surface area contributed by atoms with E-state index in [-0.39, 0.29) is 22.6 Å². The molecule has 4 heterocycles. The van der Waals surface area contributed by atoms with E-state index >= 15 is 4.39 Å². The average molecular weight is 531 g/mol. The van der Waals surface area contributed by atoms with Gasteiger partial charge in [0.2, 0.25) is 11.3 Å². The summed E-state index contributed by atoms with van der Waals surface area (Å²) in [4.78, 5) is 40.4. The molecule has 0 bridgehead atoms. The van der Waals surface area contributed by atoms with Crippen LogP contribution in [0.3, 0.4) is 0 Å². The van der Waals surface area contributed by atoms with Gasteiger partial charge in [0.05, 0.1) is 30.0 Å². The molecule has 7 rings (SSSR count). The number of aromatic carboxylic acids is 1. The number of anilines is 2. The van der Waals surface area contributed by atoms with E-state index in [1.165, 1.54) is 6.20 Å². The van der Waals surface area contributed by atoms with E-state index in [1.54, 1.807) is 16.7 Å². The van der Waals surface area contributed by atoms with Crippen molar-refractivity contribution in [2.24, 2.45) is 5.10 Å². The predicted octanol–water partition coefficient (Wildman–Crippen LogP) is 3.08. The molecule has 198 valence electrons. The van der Waals surface area contributed by atoms with Gasteiger partial charge in [-0.05, 0) is 42.7 Å². The molecule has 11 heteroatoms. The van der Waals surface area contributed by atoms with Crippen LogP contribution in [0.15, 0.2) is 58.1 Å². The van der Waals surface area contributed by atoms with Crippen LogP contribution < -0.4 is 15.2 Å². The third-order valence-electron chi connectivity index (χ3n) is 8.15. The Morgan fingerprint density at radius 3 is 2.46 bits per heavy atom. The topological polar surface area (TPSA) is 115 Å². The summed E-state index contributed by atoms with van der Waals surface area (Å²) in [6.07, 6.45) is 4.79. The summed E-state index contributed by atoms with van der Waals surface area (Å²) in [5.74, 6) is -2.49. The zero-order chi connectivity index (χ0) is 27.1. The number of pyridine rings is 1. The Balaban J connectivity index is 1.21. The number of aromatic nitrogens is 1. The highest BCUT2D eigenvalue weighted by Crippen LogP contribution is 2.39. The maximum atomic E-state index is 15.4. The van der Waals surface area contributed by atoms with Crippen LogP contribution in [0, 0.1) is 5.82 Å². The molecule has 1 aromatic heterocycles. The van der Waals surface area contributed by atoms with E-state index in [2.05, 4.69) is 0 Å². The molecular formula is C28H25FN5O5+. The maximum Gasteiger partial charge on any atom is 0.341 e. The number of quaternary nitrogens is 1. The minimum absolute atomic E-state index is 0.0676. The first kappa shape index (κ1) is 23.6. The molecule has 0 atom stereocenters. The van der Waals surface area contributed by atoms with Crippen LogP contribution in [-0.4, -0.2) is 70.0 Å². The number of piperazine rings is 1. The number of carboxylic acid groups (broad SMARTS) is 2. The molecule has 0 unspecified atom stereocenters. The summed E-state index contributed by atoms with van der Waals surface area (Å²) >= 11 is 0. The quantitative estimate of drug-likeness (QED) is 0.498. The standard InChI is InChI=1S/C28H24FN5O5/c29-21-12-18-23(32(17-5-6-17)14-20(25(18)35)28(38)39)13-24(21)31-7-9-34(10-8-31)15-33-22-4-2-1-3-16(22)11-19(27(36)37)26(33)30-34/h1-4,11-14,17H,5-10,15H2,(H-,36,37,38,39)/p+1. The van der Waals surface area contributed by atoms with Crippen LogP contribution in [0.1, 0.15) is 34.8 Å². The number of hydrogen-bond donors (Lipinski definition) is 2. The first-order chi connectivity index (χ1) is 18.7. The van der Waals surface area contributed by atoms with E-state index in [0.717, 1.165) is 30.2 Å². The highest BCUT2D eigenvalue weighted by Gasteiger charge is 2.47. The molecule has 1 aliphatic carbocycles. The molecular weight excluding hydrogens is 505 g/mol. The highest BCUT2D eigenvalue weighted by atomic mass is 19.1. The largest absolute Gasteiger partial charge is 0.478 e. The summed E-state index contributed by atoms with van der Waals surface area (Å²) in [5, 5.41) is 24.3. The first-order valence-corrected chi connectivity index (χ1v) is 12.9. The number of fused-ring (bicyclic) bond motifs is 4. The number of amidine groups is 1. The van der Waals surface area contributed by atoms with Gasteiger partial charge in [-0.15, -0.1) is 0 Å². The summed E-state index contributed by atoms with van der Waals surface area (Å²) in [6.45, 7) is 2.52. The van der Waals surface area contributed by atoms with Gasteiger partial charge >= 0.3 is 11.9 Å². The van der Waals surface area contributed by atoms with Gasteiger partial charge in [0.1, 0.15) is 30.0 Å². The highest BCUT2D eigenvalue weighted by molar-refractivity contribution is 6.29. The number of nitrogens with zero attached hydrogens (tertiary/aromatic N) is 5. The van der Waals surface area contributed by atoms with Crippen molar-refractivity contribution >= 4 is 46.1 Å². The number of carbonyl (C=O) groups is 2. The zero-order valence-corrected chi connectivity index (χ0v) is 20.9. The second-order valence-electron chi connectivity index (χ2n) is 10.6. The van der Waals surface area contributed by atoms with Crippen LogP contribution in [-0.2, 0) is 4.79 Å². The van der Waals surface area contributed by atoms with Crippen LogP contribution >= 0.6 is 0 Å². The zero-order valence-electron chi connectivity index (χ0n) is 20.9. The van der Waals surface area contributed by atoms with Crippen LogP contribution in [0.5, 0.6) is 0 Å². The van der Waals surface area contributed by atoms with Crippen LogP contribution in [0.2, 0.25) is 0 Å². The summed E-state index contributed by atoms with van der Waals surface area (Å²) in [6, 6.07) is 10.5. The van der Waals surface area contributed by atoms with E-state index in [0.29, 0.717) is 54.5 Å². The molecule has 1 spiro atoms. The number of para-hydroxylation sites is 1. The normalized spacial score (nSPS) is 19.5. The maximum absolute atomic E-state index is 15.4. The van der Waals surface area contributed by atoms with E-state index in [9.17, 15) is 24.6 Å². The monoisotopic (exact) mass is 530 g/mol. The third kappa shape index (κ3) is 3.64. The van der Waals surface area contributed by atoms with Crippen molar-refractivity contribution in [3.63, 3.8) is 0 Å². The van der Waals surface area contributed by atoms with E-state index in [4.69, 9.17) is 5.10 Å². The fourth-order valence-electron chi connectivity index (χ4n) is 5.97. The first-order valence-electron chi connectivity index (χ1n) is 12.9. The Labute approximate surface area is 221 Å². The average Bonchev–Trinajstić information content (AvgIpc) is 3.69. The number of carboxylic acids is 2. The number of rotatable bonds is 4. The molecule has 2 N–H and O–H groups in total. The predicted molar refractivity (Wildman–Crippen MR) is 142 cm³/mol. The Kier molecular flexibility index (Phi) is 4.99. The van der Waals surface area contributed by atoms with Crippen molar-refractivity contribution in [1.29, 1.82) is 0 Å². The fourth-order valence-corrected chi connectivity index (χ4v) is 5.97. The molecule has 10 nitrogen and oxygen atoms in total. The molecule has 39 heavy (non-hydrogen) atoms. The van der Waals surface area contributed by atoms with Gasteiger partial charge < -0.3 is 19.7 Å². The van der Waals surface area contributed by atoms with Crippen molar-refractivity contribution in [3.05, 3.63) is 75.3 Å². The van der Waals surface area contributed by atoms with Gasteiger partial charge in [-0.3, -0.25) is 9.69 Å². The number of hydrogen-bond acceptors (Lipinski definition) is 6. The summed E-state index contributed by atoms with van der Waals surface area (Å²) in [5.41, 5.74) is 1.76. The van der Waals surface area contributed by atoms with Crippen molar-refractivity contribution in [3.8, 4) is 0 Å². The van der Waals surface area contributed by atoms with Gasteiger partial charge in [-0.25, -0.2) is 14.0 Å². The Hall–Kier alpha value is -4.51. The van der Waals surface area contributed by atoms with Gasteiger partial charge in [0.15, 0.2) is 6.67 Å². The van der Waals surface area contributed by atoms with Crippen molar-refractivity contribution in [2.75, 3.05) is 42.6 Å². The van der Waals surface area contributed by atoms with Gasteiger partial charge in [0, 0.05) is 17.6 Å². The van der Waals surface area contributed by atoms with Crippen molar-refractivity contribution < 1.29 is 28.8 Å². The lowest BCUT2D eigenvalue weighted by atomic mass is 10.0. The van der Waals surface area contributed by atoms with Crippen molar-refractivity contribution in [2.45, 2.75) is 18.9 Å². The Morgan fingerprint density at radius 1 is 1.03 bits per heavy atom. The fraction of sp³-hybridized carbons (Fsp3) is 0.286. The molecule has 0 radical (unpaired) electrons. The third-order valence-corrected chi connectivity index (χ3v) is 8.15. The molecule has 2 aromatic carbocycles. The molecule has 1 saturated heterocycles. The lowest BCUT2D eigenvalue weighted by molar-refractivity contribution is -0.929. The Bertz CT molecular complexity index is 1720. The summed E-state index contributed by atoms with van der Waals surface area (Å²) in [7, 11) is 0. The molecule has 3 aromatic rings. The Morgan fingerprint density at radius 2 is 1.77 bits per heavy atom. The van der Waals surface area contributed by atoms with E-state index < -0.39 is 23.2 Å². The molecule has 0 amide bonds. The van der Waals surface area contributed by atoms with Crippen LogP contribution in [0.4, 0.5) is 15.8 Å². The molecule has 1 saturated carbocycles. The van der Waals surface area contributed by atoms with Crippen LogP contribution in [0.25, 0.3) is 17.0 Å². The molecule has 3 aliphatic heterocycles. The second kappa shape index (κ2) is 8.24. The SMILES string of the molecule is O=C(O)C1=Cc2ccccc2N2C[N+]3(CCN(c4cc5c(cc4F)c(=O)c(C(=O)O)cn5C4CC4)CC3)N=C12. The number of halogens is 1. The molecule has 4 aliphatic rings. The minimum Gasteiger partial charge on any atom is -0.478 e. The van der Waals surface area contributed by atoms with Gasteiger partial charge in [-0.1, -0.05) is 23.3 Å². The smallest absolute Gasteiger partial charge is 0.341 e. The number of benzene rings is 2. The number of aliphatic carboxylic acids is 1. The van der Waals surface area contributed by atoms with Gasteiger partial charge in [0.25, 0.3) is 0 Å². The lowest BCUT2D eigenvalue weighted by Crippen LogP contribution is -2.57. The lowest BCUT2D eigenvalue weighted by Gasteiger charge is -2.39. The van der Waals surface area contributed by atoms with Crippen molar-refractivity contribution in [1.82, 2.24) is 4.57 Å². The second-order valence-corrected chi connectivity index (χ2v) is 10.6.